The molecule has 1 atom stereocenters. The van der Waals surface area contributed by atoms with Crippen LogP contribution in [0.25, 0.3) is 0 Å². The van der Waals surface area contributed by atoms with Crippen LogP contribution in [0.1, 0.15) is 23.1 Å². The van der Waals surface area contributed by atoms with Gasteiger partial charge in [0.05, 0.1) is 13.0 Å². The van der Waals surface area contributed by atoms with Gasteiger partial charge in [-0.1, -0.05) is 36.4 Å². The minimum atomic E-state index is -0.337. The number of rotatable bonds is 5. The molecule has 0 spiro atoms. The molecule has 5 heteroatoms. The standard InChI is InChI=1S/C21H24N2O3/c1-14-7-6-8-15(2)20(14)23-13-17(11-19(23)24)21(25)22-12-16-9-4-5-10-18(16)26-3/h4-10,17H,11-13H2,1-3H3,(H,22,25). The van der Waals surface area contributed by atoms with Gasteiger partial charge in [-0.25, -0.2) is 0 Å². The quantitative estimate of drug-likeness (QED) is 0.900. The lowest BCUT2D eigenvalue weighted by molar-refractivity contribution is -0.126. The molecular formula is C21H24N2O3. The van der Waals surface area contributed by atoms with Crippen molar-refractivity contribution in [1.29, 1.82) is 0 Å². The summed E-state index contributed by atoms with van der Waals surface area (Å²) in [5.74, 6) is 0.307. The smallest absolute Gasteiger partial charge is 0.227 e. The zero-order valence-corrected chi connectivity index (χ0v) is 15.4. The summed E-state index contributed by atoms with van der Waals surface area (Å²) in [6, 6.07) is 13.5. The van der Waals surface area contributed by atoms with Crippen LogP contribution in [0.4, 0.5) is 5.69 Å². The Balaban J connectivity index is 1.68. The van der Waals surface area contributed by atoms with Gasteiger partial charge in [0.25, 0.3) is 0 Å². The van der Waals surface area contributed by atoms with Crippen LogP contribution < -0.4 is 15.0 Å². The second-order valence-electron chi connectivity index (χ2n) is 6.68. The monoisotopic (exact) mass is 352 g/mol. The van der Waals surface area contributed by atoms with Crippen molar-refractivity contribution >= 4 is 17.5 Å². The highest BCUT2D eigenvalue weighted by molar-refractivity contribution is 6.01. The number of aryl methyl sites for hydroxylation is 2. The minimum absolute atomic E-state index is 0.000147. The maximum absolute atomic E-state index is 12.6. The molecule has 1 aliphatic rings. The van der Waals surface area contributed by atoms with Crippen LogP contribution in [0.15, 0.2) is 42.5 Å². The number of nitrogens with zero attached hydrogens (tertiary/aromatic N) is 1. The van der Waals surface area contributed by atoms with Crippen LogP contribution in [-0.2, 0) is 16.1 Å². The largest absolute Gasteiger partial charge is 0.496 e. The van der Waals surface area contributed by atoms with Gasteiger partial charge in [-0.2, -0.15) is 0 Å². The Morgan fingerprint density at radius 3 is 2.54 bits per heavy atom. The van der Waals surface area contributed by atoms with Crippen LogP contribution >= 0.6 is 0 Å². The summed E-state index contributed by atoms with van der Waals surface area (Å²) < 4.78 is 5.31. The minimum Gasteiger partial charge on any atom is -0.496 e. The highest BCUT2D eigenvalue weighted by Crippen LogP contribution is 2.31. The Kier molecular flexibility index (Phi) is 5.26. The van der Waals surface area contributed by atoms with Crippen LogP contribution in [0, 0.1) is 19.8 Å². The predicted octanol–water partition coefficient (Wildman–Crippen LogP) is 2.98. The highest BCUT2D eigenvalue weighted by Gasteiger charge is 2.36. The number of carbonyl (C=O) groups is 2. The van der Waals surface area contributed by atoms with E-state index in [9.17, 15) is 9.59 Å². The van der Waals surface area contributed by atoms with Gasteiger partial charge in [0.15, 0.2) is 0 Å². The van der Waals surface area contributed by atoms with Gasteiger partial charge in [0.2, 0.25) is 11.8 Å². The van der Waals surface area contributed by atoms with E-state index in [0.717, 1.165) is 28.1 Å². The van der Waals surface area contributed by atoms with Crippen molar-refractivity contribution in [3.8, 4) is 5.75 Å². The molecule has 136 valence electrons. The molecule has 1 unspecified atom stereocenters. The third-order valence-corrected chi connectivity index (χ3v) is 4.85. The van der Waals surface area contributed by atoms with Crippen LogP contribution in [0.3, 0.4) is 0 Å². The van der Waals surface area contributed by atoms with Gasteiger partial charge >= 0.3 is 0 Å². The summed E-state index contributed by atoms with van der Waals surface area (Å²) in [5, 5.41) is 2.94. The first kappa shape index (κ1) is 18.0. The van der Waals surface area contributed by atoms with Crippen molar-refractivity contribution in [2.24, 2.45) is 5.92 Å². The first-order chi connectivity index (χ1) is 12.5. The first-order valence-corrected chi connectivity index (χ1v) is 8.77. The van der Waals surface area contributed by atoms with Gasteiger partial charge in [0, 0.05) is 30.8 Å². The Morgan fingerprint density at radius 1 is 1.15 bits per heavy atom. The fraction of sp³-hybridized carbons (Fsp3) is 0.333. The molecule has 0 bridgehead atoms. The summed E-state index contributed by atoms with van der Waals surface area (Å²) in [7, 11) is 1.61. The number of carbonyl (C=O) groups excluding carboxylic acids is 2. The molecule has 5 nitrogen and oxygen atoms in total. The second kappa shape index (κ2) is 7.60. The Bertz CT molecular complexity index is 812. The maximum atomic E-state index is 12.6. The Labute approximate surface area is 154 Å². The number of anilines is 1. The van der Waals surface area contributed by atoms with Gasteiger partial charge in [-0.3, -0.25) is 9.59 Å². The van der Waals surface area contributed by atoms with Crippen LogP contribution in [0.2, 0.25) is 0 Å². The SMILES string of the molecule is COc1ccccc1CNC(=O)C1CC(=O)N(c2c(C)cccc2C)C1. The molecule has 1 aliphatic heterocycles. The lowest BCUT2D eigenvalue weighted by Gasteiger charge is -2.21. The van der Waals surface area contributed by atoms with E-state index in [1.807, 2.05) is 56.3 Å². The average molecular weight is 352 g/mol. The molecule has 1 saturated heterocycles. The van der Waals surface area contributed by atoms with Crippen molar-refractivity contribution in [3.63, 3.8) is 0 Å². The molecule has 0 saturated carbocycles. The van der Waals surface area contributed by atoms with Gasteiger partial charge < -0.3 is 15.0 Å². The number of para-hydroxylation sites is 2. The van der Waals surface area contributed by atoms with Gasteiger partial charge in [-0.05, 0) is 31.0 Å². The number of hydrogen-bond acceptors (Lipinski definition) is 3. The molecule has 2 amide bonds. The fourth-order valence-corrected chi connectivity index (χ4v) is 3.51. The molecule has 2 aromatic carbocycles. The average Bonchev–Trinajstić information content (AvgIpc) is 3.01. The van der Waals surface area contributed by atoms with E-state index in [0.29, 0.717) is 13.1 Å². The normalized spacial score (nSPS) is 16.7. The second-order valence-corrected chi connectivity index (χ2v) is 6.68. The van der Waals surface area contributed by atoms with Crippen LogP contribution in [-0.4, -0.2) is 25.5 Å². The summed E-state index contributed by atoms with van der Waals surface area (Å²) in [6.07, 6.45) is 0.242. The Hall–Kier alpha value is -2.82. The summed E-state index contributed by atoms with van der Waals surface area (Å²) in [6.45, 7) is 4.79. The molecule has 26 heavy (non-hydrogen) atoms. The number of amides is 2. The van der Waals surface area contributed by atoms with Crippen molar-refractivity contribution in [3.05, 3.63) is 59.2 Å². The van der Waals surface area contributed by atoms with Crippen molar-refractivity contribution in [2.45, 2.75) is 26.8 Å². The lowest BCUT2D eigenvalue weighted by Crippen LogP contribution is -2.33. The Morgan fingerprint density at radius 2 is 1.85 bits per heavy atom. The molecule has 0 radical (unpaired) electrons. The molecule has 1 heterocycles. The summed E-state index contributed by atoms with van der Waals surface area (Å²) in [5.41, 5.74) is 3.94. The number of methoxy groups -OCH3 is 1. The van der Waals surface area contributed by atoms with Gasteiger partial charge in [-0.15, -0.1) is 0 Å². The zero-order chi connectivity index (χ0) is 18.7. The lowest BCUT2D eigenvalue weighted by atomic mass is 10.1. The fourth-order valence-electron chi connectivity index (χ4n) is 3.51. The summed E-state index contributed by atoms with van der Waals surface area (Å²) >= 11 is 0. The number of hydrogen-bond donors (Lipinski definition) is 1. The zero-order valence-electron chi connectivity index (χ0n) is 15.4. The molecule has 0 aliphatic carbocycles. The van der Waals surface area contributed by atoms with E-state index in [2.05, 4.69) is 5.32 Å². The third-order valence-electron chi connectivity index (χ3n) is 4.85. The predicted molar refractivity (Wildman–Crippen MR) is 101 cm³/mol. The van der Waals surface area contributed by atoms with E-state index >= 15 is 0 Å². The summed E-state index contributed by atoms with van der Waals surface area (Å²) in [4.78, 5) is 26.8. The van der Waals surface area contributed by atoms with Crippen molar-refractivity contribution < 1.29 is 14.3 Å². The van der Waals surface area contributed by atoms with E-state index in [1.165, 1.54) is 0 Å². The molecule has 0 aromatic heterocycles. The van der Waals surface area contributed by atoms with Crippen LogP contribution in [0.5, 0.6) is 5.75 Å². The number of nitrogens with one attached hydrogen (secondary N) is 1. The topological polar surface area (TPSA) is 58.6 Å². The highest BCUT2D eigenvalue weighted by atomic mass is 16.5. The molecular weight excluding hydrogens is 328 g/mol. The third kappa shape index (κ3) is 3.57. The van der Waals surface area contributed by atoms with E-state index in [-0.39, 0.29) is 24.2 Å². The number of ether oxygens (including phenoxy) is 1. The van der Waals surface area contributed by atoms with Gasteiger partial charge in [0.1, 0.15) is 5.75 Å². The van der Waals surface area contributed by atoms with Crippen molar-refractivity contribution in [2.75, 3.05) is 18.6 Å². The molecule has 2 aromatic rings. The first-order valence-electron chi connectivity index (χ1n) is 8.77. The maximum Gasteiger partial charge on any atom is 0.227 e. The molecule has 3 rings (SSSR count). The van der Waals surface area contributed by atoms with E-state index < -0.39 is 0 Å². The van der Waals surface area contributed by atoms with E-state index in [1.54, 1.807) is 12.0 Å². The number of benzene rings is 2. The van der Waals surface area contributed by atoms with Crippen molar-refractivity contribution in [1.82, 2.24) is 5.32 Å². The van der Waals surface area contributed by atoms with E-state index in [4.69, 9.17) is 4.74 Å². The molecule has 1 N–H and O–H groups in total. The molecule has 1 fully saturated rings.